The third-order valence-electron chi connectivity index (χ3n) is 2.39. The van der Waals surface area contributed by atoms with Gasteiger partial charge in [0.2, 0.25) is 0 Å². The highest BCUT2D eigenvalue weighted by molar-refractivity contribution is 7.92. The lowest BCUT2D eigenvalue weighted by atomic mass is 10.3. The first-order valence-corrected chi connectivity index (χ1v) is 7.54. The fourth-order valence-electron chi connectivity index (χ4n) is 1.54. The number of sulfonamides is 1. The van der Waals surface area contributed by atoms with Crippen LogP contribution >= 0.6 is 11.6 Å². The van der Waals surface area contributed by atoms with E-state index in [4.69, 9.17) is 17.3 Å². The van der Waals surface area contributed by atoms with Gasteiger partial charge in [0.1, 0.15) is 10.0 Å². The van der Waals surface area contributed by atoms with E-state index >= 15 is 0 Å². The van der Waals surface area contributed by atoms with Gasteiger partial charge in [0.05, 0.1) is 5.69 Å². The number of hydrogen-bond donors (Lipinski definition) is 3. The van der Waals surface area contributed by atoms with Crippen LogP contribution in [0.3, 0.4) is 0 Å². The molecule has 2 amide bonds. The number of nitrogens with one attached hydrogen (secondary N) is 2. The van der Waals surface area contributed by atoms with E-state index in [2.05, 4.69) is 15.0 Å². The summed E-state index contributed by atoms with van der Waals surface area (Å²) in [4.78, 5) is 14.5. The first-order chi connectivity index (χ1) is 9.87. The molecule has 0 aliphatic heterocycles. The summed E-state index contributed by atoms with van der Waals surface area (Å²) < 4.78 is 26.6. The molecule has 0 unspecified atom stereocenters. The summed E-state index contributed by atoms with van der Waals surface area (Å²) in [5.41, 5.74) is 5.64. The largest absolute Gasteiger partial charge is 0.351 e. The van der Waals surface area contributed by atoms with Gasteiger partial charge >= 0.3 is 6.03 Å². The van der Waals surface area contributed by atoms with Crippen molar-refractivity contribution in [2.75, 3.05) is 10.0 Å². The number of amides is 2. The molecule has 0 radical (unpaired) electrons. The molecule has 0 atom stereocenters. The molecule has 0 bridgehead atoms. The Kier molecular flexibility index (Phi) is 4.29. The van der Waals surface area contributed by atoms with Gasteiger partial charge in [0, 0.05) is 11.9 Å². The molecule has 0 saturated heterocycles. The number of hydrogen-bond acceptors (Lipinski definition) is 4. The van der Waals surface area contributed by atoms with E-state index in [1.54, 1.807) is 12.1 Å². The maximum Gasteiger partial charge on any atom is 0.316 e. The maximum absolute atomic E-state index is 12.1. The van der Waals surface area contributed by atoms with E-state index in [-0.39, 0.29) is 15.7 Å². The average Bonchev–Trinajstić information content (AvgIpc) is 2.38. The van der Waals surface area contributed by atoms with Gasteiger partial charge in [-0.25, -0.2) is 18.2 Å². The minimum Gasteiger partial charge on any atom is -0.351 e. The normalized spacial score (nSPS) is 10.9. The molecule has 21 heavy (non-hydrogen) atoms. The zero-order chi connectivity index (χ0) is 15.5. The smallest absolute Gasteiger partial charge is 0.316 e. The number of pyridine rings is 1. The fraction of sp³-hybridized carbons (Fsp3) is 0. The number of aromatic nitrogens is 1. The highest BCUT2D eigenvalue weighted by atomic mass is 35.5. The first kappa shape index (κ1) is 15.1. The standard InChI is InChI=1S/C12H11ClN4O3S/c13-11-5-4-10(7-15-11)21(19,20)17-9-3-1-2-8(6-9)16-12(14)18/h1-7,17H,(H3,14,16,18). The zero-order valence-electron chi connectivity index (χ0n) is 10.6. The highest BCUT2D eigenvalue weighted by Gasteiger charge is 2.14. The van der Waals surface area contributed by atoms with E-state index < -0.39 is 16.1 Å². The summed E-state index contributed by atoms with van der Waals surface area (Å²) in [5.74, 6) is 0. The van der Waals surface area contributed by atoms with E-state index in [9.17, 15) is 13.2 Å². The summed E-state index contributed by atoms with van der Waals surface area (Å²) in [6.45, 7) is 0. The van der Waals surface area contributed by atoms with Crippen LogP contribution < -0.4 is 15.8 Å². The molecule has 7 nitrogen and oxygen atoms in total. The lowest BCUT2D eigenvalue weighted by molar-refractivity contribution is 0.259. The van der Waals surface area contributed by atoms with E-state index in [0.717, 1.165) is 6.20 Å². The Balaban J connectivity index is 2.24. The predicted octanol–water partition coefficient (Wildman–Crippen LogP) is 2.03. The molecular weight excluding hydrogens is 316 g/mol. The fourth-order valence-corrected chi connectivity index (χ4v) is 2.64. The highest BCUT2D eigenvalue weighted by Crippen LogP contribution is 2.19. The molecule has 4 N–H and O–H groups in total. The van der Waals surface area contributed by atoms with Gasteiger partial charge in [-0.3, -0.25) is 4.72 Å². The van der Waals surface area contributed by atoms with Crippen LogP contribution in [0.15, 0.2) is 47.5 Å². The molecule has 2 rings (SSSR count). The number of carbonyl (C=O) groups is 1. The van der Waals surface area contributed by atoms with Gasteiger partial charge < -0.3 is 11.1 Å². The van der Waals surface area contributed by atoms with Crippen molar-refractivity contribution >= 4 is 39.0 Å². The van der Waals surface area contributed by atoms with Crippen LogP contribution in [0.1, 0.15) is 0 Å². The van der Waals surface area contributed by atoms with Crippen LogP contribution in [0.5, 0.6) is 0 Å². The summed E-state index contributed by atoms with van der Waals surface area (Å²) in [6.07, 6.45) is 1.15. The average molecular weight is 327 g/mol. The first-order valence-electron chi connectivity index (χ1n) is 5.68. The van der Waals surface area contributed by atoms with Crippen molar-refractivity contribution in [1.82, 2.24) is 4.98 Å². The Morgan fingerprint density at radius 1 is 1.19 bits per heavy atom. The van der Waals surface area contributed by atoms with Gasteiger partial charge in [-0.1, -0.05) is 17.7 Å². The van der Waals surface area contributed by atoms with Gasteiger partial charge in [0.25, 0.3) is 10.0 Å². The van der Waals surface area contributed by atoms with Gasteiger partial charge in [-0.05, 0) is 30.3 Å². The third-order valence-corrected chi connectivity index (χ3v) is 3.98. The summed E-state index contributed by atoms with van der Waals surface area (Å²) in [6, 6.07) is 8.09. The van der Waals surface area contributed by atoms with Crippen molar-refractivity contribution in [2.24, 2.45) is 5.73 Å². The summed E-state index contributed by atoms with van der Waals surface area (Å²) >= 11 is 5.61. The number of benzene rings is 1. The minimum absolute atomic E-state index is 0.0276. The number of nitrogens with two attached hydrogens (primary N) is 1. The van der Waals surface area contributed by atoms with E-state index in [1.165, 1.54) is 24.3 Å². The summed E-state index contributed by atoms with van der Waals surface area (Å²) in [5, 5.41) is 2.55. The molecule has 1 aromatic carbocycles. The molecule has 0 fully saturated rings. The Morgan fingerprint density at radius 2 is 1.90 bits per heavy atom. The van der Waals surface area contributed by atoms with Crippen LogP contribution in [0.25, 0.3) is 0 Å². The van der Waals surface area contributed by atoms with Crippen molar-refractivity contribution in [1.29, 1.82) is 0 Å². The molecule has 0 spiro atoms. The monoisotopic (exact) mass is 326 g/mol. The van der Waals surface area contributed by atoms with Gasteiger partial charge in [0.15, 0.2) is 0 Å². The number of anilines is 2. The van der Waals surface area contributed by atoms with Crippen molar-refractivity contribution in [2.45, 2.75) is 4.90 Å². The lowest BCUT2D eigenvalue weighted by Crippen LogP contribution is -2.19. The van der Waals surface area contributed by atoms with Crippen LogP contribution in [0.2, 0.25) is 5.15 Å². The van der Waals surface area contributed by atoms with Crippen molar-refractivity contribution in [3.63, 3.8) is 0 Å². The van der Waals surface area contributed by atoms with Crippen LogP contribution in [-0.2, 0) is 10.0 Å². The molecule has 9 heteroatoms. The Bertz CT molecular complexity index is 762. The van der Waals surface area contributed by atoms with E-state index in [0.29, 0.717) is 5.69 Å². The van der Waals surface area contributed by atoms with Crippen LogP contribution in [0.4, 0.5) is 16.2 Å². The van der Waals surface area contributed by atoms with Crippen molar-refractivity contribution < 1.29 is 13.2 Å². The number of urea groups is 1. The van der Waals surface area contributed by atoms with Gasteiger partial charge in [-0.2, -0.15) is 0 Å². The number of carbonyl (C=O) groups excluding carboxylic acids is 1. The molecular formula is C12H11ClN4O3S. The topological polar surface area (TPSA) is 114 Å². The number of primary amides is 1. The molecule has 0 aliphatic carbocycles. The molecule has 110 valence electrons. The number of rotatable bonds is 4. The second kappa shape index (κ2) is 5.98. The molecule has 0 aliphatic rings. The van der Waals surface area contributed by atoms with Gasteiger partial charge in [-0.15, -0.1) is 0 Å². The van der Waals surface area contributed by atoms with Crippen LogP contribution in [-0.4, -0.2) is 19.4 Å². The molecule has 1 aromatic heterocycles. The second-order valence-electron chi connectivity index (χ2n) is 3.99. The SMILES string of the molecule is NC(=O)Nc1cccc(NS(=O)(=O)c2ccc(Cl)nc2)c1. The van der Waals surface area contributed by atoms with Crippen LogP contribution in [0, 0.1) is 0 Å². The summed E-state index contributed by atoms with van der Waals surface area (Å²) in [7, 11) is -3.79. The van der Waals surface area contributed by atoms with E-state index in [1.807, 2.05) is 0 Å². The molecule has 1 heterocycles. The Morgan fingerprint density at radius 3 is 2.52 bits per heavy atom. The lowest BCUT2D eigenvalue weighted by Gasteiger charge is -2.09. The third kappa shape index (κ3) is 4.07. The Hall–Kier alpha value is -2.32. The predicted molar refractivity (Wildman–Crippen MR) is 79.7 cm³/mol. The minimum atomic E-state index is -3.79. The Labute approximate surface area is 126 Å². The maximum atomic E-state index is 12.1. The van der Waals surface area contributed by atoms with Crippen molar-refractivity contribution in [3.05, 3.63) is 47.7 Å². The molecule has 2 aromatic rings. The number of halogens is 1. The zero-order valence-corrected chi connectivity index (χ0v) is 12.1. The second-order valence-corrected chi connectivity index (χ2v) is 6.06. The molecule has 0 saturated carbocycles. The quantitative estimate of drug-likeness (QED) is 0.746. The van der Waals surface area contributed by atoms with Crippen molar-refractivity contribution in [3.8, 4) is 0 Å². The number of nitrogens with zero attached hydrogens (tertiary/aromatic N) is 1.